The van der Waals surface area contributed by atoms with Gasteiger partial charge in [0.25, 0.3) is 0 Å². The van der Waals surface area contributed by atoms with Gasteiger partial charge in [-0.1, -0.05) is 19.1 Å². The van der Waals surface area contributed by atoms with E-state index in [2.05, 4.69) is 18.7 Å². The number of hydrogen-bond acceptors (Lipinski definition) is 2. The van der Waals surface area contributed by atoms with Gasteiger partial charge in [0.05, 0.1) is 4.99 Å². The fraction of sp³-hybridized carbons (Fsp3) is 0.900. The zero-order valence-corrected chi connectivity index (χ0v) is 9.44. The lowest BCUT2D eigenvalue weighted by Gasteiger charge is -2.36. The van der Waals surface area contributed by atoms with E-state index in [4.69, 9.17) is 18.0 Å². The number of nitrogens with zero attached hydrogens (tertiary/aromatic N) is 1. The van der Waals surface area contributed by atoms with Crippen LogP contribution in [0.4, 0.5) is 0 Å². The van der Waals surface area contributed by atoms with Crippen LogP contribution < -0.4 is 5.73 Å². The summed E-state index contributed by atoms with van der Waals surface area (Å²) < 4.78 is 0. The molecule has 0 aliphatic carbocycles. The molecular weight excluding hydrogens is 180 g/mol. The first-order valence-electron chi connectivity index (χ1n) is 5.18. The van der Waals surface area contributed by atoms with Crippen LogP contribution in [0.5, 0.6) is 0 Å². The van der Waals surface area contributed by atoms with Gasteiger partial charge in [0.1, 0.15) is 0 Å². The summed E-state index contributed by atoms with van der Waals surface area (Å²) in [4.78, 5) is 3.21. The lowest BCUT2D eigenvalue weighted by atomic mass is 9.96. The van der Waals surface area contributed by atoms with Gasteiger partial charge >= 0.3 is 0 Å². The van der Waals surface area contributed by atoms with Crippen molar-refractivity contribution < 1.29 is 0 Å². The van der Waals surface area contributed by atoms with Crippen LogP contribution in [0.15, 0.2) is 0 Å². The molecule has 0 spiro atoms. The Hall–Kier alpha value is -0.150. The van der Waals surface area contributed by atoms with E-state index in [1.165, 1.54) is 25.8 Å². The summed E-state index contributed by atoms with van der Waals surface area (Å²) in [6.07, 6.45) is 3.64. The maximum atomic E-state index is 5.68. The van der Waals surface area contributed by atoms with E-state index < -0.39 is 0 Å². The summed E-state index contributed by atoms with van der Waals surface area (Å²) in [5.41, 5.74) is 5.68. The summed E-state index contributed by atoms with van der Waals surface area (Å²) in [5, 5.41) is 0. The highest BCUT2D eigenvalue weighted by atomic mass is 32.1. The molecule has 0 aromatic carbocycles. The normalized spacial score (nSPS) is 27.1. The van der Waals surface area contributed by atoms with Crippen molar-refractivity contribution in [3.8, 4) is 0 Å². The summed E-state index contributed by atoms with van der Waals surface area (Å²) in [7, 11) is 0. The Morgan fingerprint density at radius 3 is 2.92 bits per heavy atom. The van der Waals surface area contributed by atoms with Crippen LogP contribution in [0.25, 0.3) is 0 Å². The molecular formula is C10H20N2S. The van der Waals surface area contributed by atoms with Crippen molar-refractivity contribution >= 4 is 17.2 Å². The Kier molecular flexibility index (Phi) is 4.13. The largest absolute Gasteiger partial charge is 0.393 e. The predicted molar refractivity (Wildman–Crippen MR) is 60.8 cm³/mol. The molecule has 0 radical (unpaired) electrons. The molecule has 2 atom stereocenters. The van der Waals surface area contributed by atoms with Crippen molar-refractivity contribution in [1.82, 2.24) is 4.90 Å². The van der Waals surface area contributed by atoms with E-state index in [1.54, 1.807) is 0 Å². The molecule has 13 heavy (non-hydrogen) atoms. The highest BCUT2D eigenvalue weighted by Gasteiger charge is 2.23. The Bertz CT molecular complexity index is 182. The average molecular weight is 200 g/mol. The number of piperidine rings is 1. The van der Waals surface area contributed by atoms with Gasteiger partial charge in [-0.05, 0) is 32.7 Å². The lowest BCUT2D eigenvalue weighted by molar-refractivity contribution is 0.152. The van der Waals surface area contributed by atoms with Crippen LogP contribution in [0, 0.1) is 5.92 Å². The zero-order chi connectivity index (χ0) is 9.84. The second kappa shape index (κ2) is 4.91. The second-order valence-corrected chi connectivity index (χ2v) is 4.47. The third-order valence-electron chi connectivity index (χ3n) is 3.07. The maximum absolute atomic E-state index is 5.68. The van der Waals surface area contributed by atoms with Gasteiger partial charge in [0, 0.05) is 18.5 Å². The first-order valence-corrected chi connectivity index (χ1v) is 5.59. The predicted octanol–water partition coefficient (Wildman–Crippen LogP) is 1.78. The van der Waals surface area contributed by atoms with E-state index in [-0.39, 0.29) is 0 Å². The third kappa shape index (κ3) is 2.92. The molecule has 1 heterocycles. The van der Waals surface area contributed by atoms with Crippen LogP contribution in [-0.4, -0.2) is 29.0 Å². The molecule has 3 heteroatoms. The molecule has 1 aliphatic rings. The van der Waals surface area contributed by atoms with Crippen LogP contribution in [0.1, 0.15) is 33.1 Å². The Morgan fingerprint density at radius 1 is 1.69 bits per heavy atom. The minimum atomic E-state index is 0.456. The SMILES string of the molecule is CCC(C)N1CCCC(C(N)=S)C1. The average Bonchev–Trinajstić information content (AvgIpc) is 2.17. The molecule has 1 fully saturated rings. The lowest BCUT2D eigenvalue weighted by Crippen LogP contribution is -2.44. The van der Waals surface area contributed by atoms with Crippen molar-refractivity contribution in [1.29, 1.82) is 0 Å². The Morgan fingerprint density at radius 2 is 2.38 bits per heavy atom. The highest BCUT2D eigenvalue weighted by Crippen LogP contribution is 2.19. The van der Waals surface area contributed by atoms with E-state index in [1.807, 2.05) is 0 Å². The second-order valence-electron chi connectivity index (χ2n) is 3.99. The van der Waals surface area contributed by atoms with Crippen LogP contribution in [-0.2, 0) is 0 Å². The van der Waals surface area contributed by atoms with Crippen molar-refractivity contribution in [2.75, 3.05) is 13.1 Å². The summed E-state index contributed by atoms with van der Waals surface area (Å²) in [5.74, 6) is 0.456. The molecule has 0 bridgehead atoms. The van der Waals surface area contributed by atoms with Gasteiger partial charge in [0.2, 0.25) is 0 Å². The topological polar surface area (TPSA) is 29.3 Å². The van der Waals surface area contributed by atoms with Gasteiger partial charge in [-0.15, -0.1) is 0 Å². The molecule has 0 aromatic heterocycles. The summed E-state index contributed by atoms with van der Waals surface area (Å²) in [6.45, 7) is 6.80. The Labute approximate surface area is 86.5 Å². The van der Waals surface area contributed by atoms with Crippen molar-refractivity contribution in [2.45, 2.75) is 39.2 Å². The smallest absolute Gasteiger partial charge is 0.0771 e. The quantitative estimate of drug-likeness (QED) is 0.704. The van der Waals surface area contributed by atoms with Gasteiger partial charge in [-0.25, -0.2) is 0 Å². The van der Waals surface area contributed by atoms with Gasteiger partial charge in [-0.3, -0.25) is 4.90 Å². The van der Waals surface area contributed by atoms with Gasteiger partial charge in [0.15, 0.2) is 0 Å². The van der Waals surface area contributed by atoms with Crippen molar-refractivity contribution in [3.63, 3.8) is 0 Å². The standard InChI is InChI=1S/C10H20N2S/c1-3-8(2)12-6-4-5-9(7-12)10(11)13/h8-9H,3-7H2,1-2H3,(H2,11,13). The van der Waals surface area contributed by atoms with E-state index in [9.17, 15) is 0 Å². The zero-order valence-electron chi connectivity index (χ0n) is 8.62. The molecule has 2 unspecified atom stereocenters. The molecule has 1 aliphatic heterocycles. The molecule has 0 amide bonds. The fourth-order valence-electron chi connectivity index (χ4n) is 1.90. The maximum Gasteiger partial charge on any atom is 0.0771 e. The first kappa shape index (κ1) is 10.9. The number of rotatable bonds is 3. The molecule has 2 N–H and O–H groups in total. The molecule has 76 valence electrons. The number of likely N-dealkylation sites (tertiary alicyclic amines) is 1. The number of nitrogens with two attached hydrogens (primary N) is 1. The fourth-order valence-corrected chi connectivity index (χ4v) is 2.09. The first-order chi connectivity index (χ1) is 6.15. The number of hydrogen-bond donors (Lipinski definition) is 1. The number of thiocarbonyl (C=S) groups is 1. The molecule has 2 nitrogen and oxygen atoms in total. The monoisotopic (exact) mass is 200 g/mol. The molecule has 1 rings (SSSR count). The third-order valence-corrected chi connectivity index (χ3v) is 3.40. The van der Waals surface area contributed by atoms with Crippen LogP contribution >= 0.6 is 12.2 Å². The minimum absolute atomic E-state index is 0.456. The summed E-state index contributed by atoms with van der Waals surface area (Å²) >= 11 is 5.04. The van der Waals surface area contributed by atoms with Gasteiger partial charge < -0.3 is 5.73 Å². The Balaban J connectivity index is 2.46. The van der Waals surface area contributed by atoms with E-state index in [0.29, 0.717) is 16.9 Å². The van der Waals surface area contributed by atoms with Crippen LogP contribution in [0.3, 0.4) is 0 Å². The van der Waals surface area contributed by atoms with Crippen molar-refractivity contribution in [2.24, 2.45) is 11.7 Å². The van der Waals surface area contributed by atoms with Crippen LogP contribution in [0.2, 0.25) is 0 Å². The molecule has 0 saturated carbocycles. The van der Waals surface area contributed by atoms with Crippen molar-refractivity contribution in [3.05, 3.63) is 0 Å². The minimum Gasteiger partial charge on any atom is -0.393 e. The highest BCUT2D eigenvalue weighted by molar-refractivity contribution is 7.80. The summed E-state index contributed by atoms with van der Waals surface area (Å²) in [6, 6.07) is 0.678. The van der Waals surface area contributed by atoms with E-state index >= 15 is 0 Å². The van der Waals surface area contributed by atoms with E-state index in [0.717, 1.165) is 6.54 Å². The molecule has 0 aromatic rings. The molecule has 1 saturated heterocycles. The van der Waals surface area contributed by atoms with Gasteiger partial charge in [-0.2, -0.15) is 0 Å².